The maximum atomic E-state index is 6.08. The molecule has 0 bridgehead atoms. The second-order valence-corrected chi connectivity index (χ2v) is 7.71. The summed E-state index contributed by atoms with van der Waals surface area (Å²) in [6, 6.07) is 4.71. The molecule has 3 heterocycles. The van der Waals surface area contributed by atoms with Gasteiger partial charge in [0.15, 0.2) is 5.96 Å². The second kappa shape index (κ2) is 12.1. The summed E-state index contributed by atoms with van der Waals surface area (Å²) in [5.74, 6) is 0.572. The highest BCUT2D eigenvalue weighted by molar-refractivity contribution is 14.0. The van der Waals surface area contributed by atoms with Crippen LogP contribution in [0.2, 0.25) is 0 Å². The fourth-order valence-corrected chi connectivity index (χ4v) is 4.36. The predicted octanol–water partition coefficient (Wildman–Crippen LogP) is 2.13. The molecule has 3 N–H and O–H groups in total. The smallest absolute Gasteiger partial charge is 0.188 e. The van der Waals surface area contributed by atoms with Crippen molar-refractivity contribution in [3.63, 3.8) is 0 Å². The summed E-state index contributed by atoms with van der Waals surface area (Å²) in [7, 11) is 0. The molecular weight excluding hydrogens is 461 g/mol. The van der Waals surface area contributed by atoms with E-state index in [1.807, 2.05) is 11.3 Å². The number of thiophene rings is 1. The van der Waals surface area contributed by atoms with Gasteiger partial charge in [0, 0.05) is 24.5 Å². The molecule has 1 aromatic heterocycles. The van der Waals surface area contributed by atoms with Gasteiger partial charge < -0.3 is 15.8 Å². The zero-order valence-corrected chi connectivity index (χ0v) is 18.6. The zero-order chi connectivity index (χ0) is 17.3. The number of rotatable bonds is 8. The molecule has 0 spiro atoms. The number of guanidine groups is 1. The van der Waals surface area contributed by atoms with Gasteiger partial charge in [0.05, 0.1) is 25.8 Å². The van der Waals surface area contributed by atoms with Gasteiger partial charge >= 0.3 is 0 Å². The van der Waals surface area contributed by atoms with E-state index in [1.54, 1.807) is 0 Å². The van der Waals surface area contributed by atoms with Crippen molar-refractivity contribution in [2.24, 2.45) is 10.7 Å². The van der Waals surface area contributed by atoms with Crippen LogP contribution in [0.3, 0.4) is 0 Å². The highest BCUT2D eigenvalue weighted by Crippen LogP contribution is 2.28. The van der Waals surface area contributed by atoms with Crippen LogP contribution in [0.5, 0.6) is 0 Å². The Labute approximate surface area is 178 Å². The summed E-state index contributed by atoms with van der Waals surface area (Å²) >= 11 is 1.82. The average molecular weight is 493 g/mol. The van der Waals surface area contributed by atoms with Gasteiger partial charge in [0.25, 0.3) is 0 Å². The van der Waals surface area contributed by atoms with Crippen molar-refractivity contribution in [1.82, 2.24) is 15.1 Å². The summed E-state index contributed by atoms with van der Waals surface area (Å²) in [5, 5.41) is 5.42. The topological polar surface area (TPSA) is 66.1 Å². The van der Waals surface area contributed by atoms with Crippen molar-refractivity contribution >= 4 is 41.3 Å². The minimum absolute atomic E-state index is 0. The lowest BCUT2D eigenvalue weighted by Gasteiger charge is -2.26. The van der Waals surface area contributed by atoms with Gasteiger partial charge in [-0.05, 0) is 50.3 Å². The van der Waals surface area contributed by atoms with Gasteiger partial charge in [-0.25, -0.2) is 0 Å². The molecule has 26 heavy (non-hydrogen) atoms. The number of nitrogens with zero attached hydrogens (tertiary/aromatic N) is 3. The normalized spacial score (nSPS) is 20.7. The summed E-state index contributed by atoms with van der Waals surface area (Å²) in [4.78, 5) is 11.0. The Morgan fingerprint density at radius 3 is 2.73 bits per heavy atom. The first-order chi connectivity index (χ1) is 12.3. The molecule has 148 valence electrons. The fraction of sp³-hybridized carbons (Fsp3) is 0.722. The number of nitrogens with two attached hydrogens (primary N) is 1. The van der Waals surface area contributed by atoms with Gasteiger partial charge in [0.1, 0.15) is 0 Å². The first-order valence-electron chi connectivity index (χ1n) is 9.44. The van der Waals surface area contributed by atoms with Crippen LogP contribution < -0.4 is 11.1 Å². The van der Waals surface area contributed by atoms with Crippen molar-refractivity contribution < 1.29 is 4.74 Å². The molecule has 0 saturated carbocycles. The van der Waals surface area contributed by atoms with Crippen molar-refractivity contribution in [3.05, 3.63) is 22.4 Å². The summed E-state index contributed by atoms with van der Waals surface area (Å²) in [6.45, 7) is 8.85. The lowest BCUT2D eigenvalue weighted by Crippen LogP contribution is -2.39. The van der Waals surface area contributed by atoms with Crippen LogP contribution in [0, 0.1) is 0 Å². The van der Waals surface area contributed by atoms with E-state index in [0.29, 0.717) is 12.0 Å². The Balaban J connectivity index is 0.00000243. The molecule has 0 amide bonds. The van der Waals surface area contributed by atoms with Crippen LogP contribution in [0.15, 0.2) is 22.5 Å². The fourth-order valence-electron chi connectivity index (χ4n) is 3.50. The van der Waals surface area contributed by atoms with E-state index in [1.165, 1.54) is 30.8 Å². The van der Waals surface area contributed by atoms with Crippen LogP contribution in [0.25, 0.3) is 0 Å². The summed E-state index contributed by atoms with van der Waals surface area (Å²) < 4.78 is 5.37. The zero-order valence-electron chi connectivity index (χ0n) is 15.4. The van der Waals surface area contributed by atoms with Gasteiger partial charge in [0.2, 0.25) is 0 Å². The van der Waals surface area contributed by atoms with Crippen molar-refractivity contribution in [1.29, 1.82) is 0 Å². The first-order valence-corrected chi connectivity index (χ1v) is 10.3. The number of hydrogen-bond donors (Lipinski definition) is 2. The number of nitrogens with one attached hydrogen (secondary N) is 1. The Hall–Kier alpha value is -0.420. The molecule has 8 heteroatoms. The molecule has 0 aromatic carbocycles. The van der Waals surface area contributed by atoms with Crippen LogP contribution in [-0.4, -0.2) is 74.8 Å². The van der Waals surface area contributed by atoms with E-state index >= 15 is 0 Å². The van der Waals surface area contributed by atoms with E-state index in [4.69, 9.17) is 10.5 Å². The minimum atomic E-state index is 0. The van der Waals surface area contributed by atoms with E-state index in [-0.39, 0.29) is 24.0 Å². The molecule has 2 aliphatic heterocycles. The molecule has 1 unspecified atom stereocenters. The highest BCUT2D eigenvalue weighted by atomic mass is 127. The molecule has 2 fully saturated rings. The first kappa shape index (κ1) is 21.9. The predicted molar refractivity (Wildman–Crippen MR) is 120 cm³/mol. The molecule has 0 radical (unpaired) electrons. The van der Waals surface area contributed by atoms with Crippen LogP contribution in [0.4, 0.5) is 0 Å². The number of ether oxygens (including phenoxy) is 1. The molecule has 0 aliphatic carbocycles. The molecule has 2 saturated heterocycles. The summed E-state index contributed by atoms with van der Waals surface area (Å²) in [6.07, 6.45) is 3.67. The third-order valence-electron chi connectivity index (χ3n) is 4.95. The Bertz CT molecular complexity index is 516. The minimum Gasteiger partial charge on any atom is -0.379 e. The van der Waals surface area contributed by atoms with Gasteiger partial charge in [-0.1, -0.05) is 6.07 Å². The van der Waals surface area contributed by atoms with E-state index in [0.717, 1.165) is 52.4 Å². The average Bonchev–Trinajstić information content (AvgIpc) is 3.34. The third kappa shape index (κ3) is 6.95. The molecule has 6 nitrogen and oxygen atoms in total. The number of aliphatic imine (C=N–C) groups is 1. The highest BCUT2D eigenvalue weighted by Gasteiger charge is 2.23. The molecule has 1 atom stereocenters. The van der Waals surface area contributed by atoms with Gasteiger partial charge in [-0.3, -0.25) is 14.8 Å². The van der Waals surface area contributed by atoms with Gasteiger partial charge in [-0.15, -0.1) is 35.3 Å². The van der Waals surface area contributed by atoms with Crippen molar-refractivity contribution in [2.75, 3.05) is 59.0 Å². The van der Waals surface area contributed by atoms with Crippen LogP contribution in [0.1, 0.15) is 30.2 Å². The van der Waals surface area contributed by atoms with Crippen molar-refractivity contribution in [3.8, 4) is 0 Å². The Morgan fingerprint density at radius 1 is 1.27 bits per heavy atom. The number of likely N-dealkylation sites (tertiary alicyclic amines) is 1. The largest absolute Gasteiger partial charge is 0.379 e. The molecule has 2 aliphatic rings. The van der Waals surface area contributed by atoms with Crippen molar-refractivity contribution in [2.45, 2.75) is 25.3 Å². The summed E-state index contributed by atoms with van der Waals surface area (Å²) in [5.41, 5.74) is 6.08. The standard InChI is InChI=1S/C18H31N5OS.HI/c19-18(20-6-4-7-22-10-12-24-13-11-22)21-15-16(17-5-3-14-25-17)23-8-1-2-9-23;/h3,5,14,16H,1-2,4,6-13,15H2,(H3,19,20,21);1H. The lowest BCUT2D eigenvalue weighted by atomic mass is 10.2. The number of morpholine rings is 1. The second-order valence-electron chi connectivity index (χ2n) is 6.73. The Kier molecular flexibility index (Phi) is 10.2. The number of halogens is 1. The van der Waals surface area contributed by atoms with Crippen LogP contribution in [-0.2, 0) is 4.74 Å². The van der Waals surface area contributed by atoms with Crippen LogP contribution >= 0.6 is 35.3 Å². The maximum Gasteiger partial charge on any atom is 0.188 e. The van der Waals surface area contributed by atoms with E-state index < -0.39 is 0 Å². The Morgan fingerprint density at radius 2 is 2.04 bits per heavy atom. The maximum absolute atomic E-state index is 6.08. The lowest BCUT2D eigenvalue weighted by molar-refractivity contribution is 0.0376. The monoisotopic (exact) mass is 493 g/mol. The molecule has 1 aromatic rings. The molecular formula is C18H32IN5OS. The van der Waals surface area contributed by atoms with Gasteiger partial charge in [-0.2, -0.15) is 0 Å². The third-order valence-corrected chi connectivity index (χ3v) is 5.92. The number of hydrogen-bond acceptors (Lipinski definition) is 5. The SMILES string of the molecule is I.NC(=NCC(c1cccs1)N1CCCC1)NCCCN1CCOCC1. The quantitative estimate of drug-likeness (QED) is 0.252. The van der Waals surface area contributed by atoms with E-state index in [2.05, 4.69) is 37.6 Å². The molecule has 3 rings (SSSR count). The van der Waals surface area contributed by atoms with E-state index in [9.17, 15) is 0 Å².